The second kappa shape index (κ2) is 6.26. The summed E-state index contributed by atoms with van der Waals surface area (Å²) in [6.45, 7) is -1.14. The first-order valence-corrected chi connectivity index (χ1v) is 6.70. The fourth-order valence-electron chi connectivity index (χ4n) is 1.69. The van der Waals surface area contributed by atoms with Gasteiger partial charge in [0.05, 0.1) is 0 Å². The van der Waals surface area contributed by atoms with Gasteiger partial charge in [-0.15, -0.1) is 0 Å². The van der Waals surface area contributed by atoms with Crippen molar-refractivity contribution < 1.29 is 18.0 Å². The largest absolute Gasteiger partial charge is 0.406 e. The smallest absolute Gasteiger partial charge is 0.322 e. The third-order valence-corrected chi connectivity index (χ3v) is 3.08. The second-order valence-corrected chi connectivity index (χ2v) is 5.15. The van der Waals surface area contributed by atoms with Crippen LogP contribution in [0.3, 0.4) is 0 Å². The highest BCUT2D eigenvalue weighted by Gasteiger charge is 2.28. The Morgan fingerprint density at radius 2 is 2.14 bits per heavy atom. The van der Waals surface area contributed by atoms with Crippen molar-refractivity contribution in [1.82, 2.24) is 9.55 Å². The molecule has 3 nitrogen and oxygen atoms in total. The SMILES string of the molecule is O=C(/C=C/c1nccn1CC(F)(F)F)c1cccc(Br)c1. The Kier molecular flexibility index (Phi) is 4.62. The highest BCUT2D eigenvalue weighted by atomic mass is 79.9. The fourth-order valence-corrected chi connectivity index (χ4v) is 2.09. The van der Waals surface area contributed by atoms with Crippen LogP contribution in [-0.4, -0.2) is 21.5 Å². The molecule has 1 heterocycles. The molecule has 0 spiro atoms. The summed E-state index contributed by atoms with van der Waals surface area (Å²) in [5.74, 6) is -0.228. The number of hydrogen-bond acceptors (Lipinski definition) is 2. The minimum atomic E-state index is -4.34. The molecule has 0 saturated heterocycles. The monoisotopic (exact) mass is 358 g/mol. The number of halogens is 4. The van der Waals surface area contributed by atoms with Gasteiger partial charge in [-0.1, -0.05) is 28.1 Å². The number of alkyl halides is 3. The number of imidazole rings is 1. The molecule has 0 saturated carbocycles. The molecule has 0 aliphatic carbocycles. The molecule has 0 atom stereocenters. The van der Waals surface area contributed by atoms with Gasteiger partial charge in [-0.05, 0) is 24.3 Å². The Labute approximate surface area is 127 Å². The summed E-state index contributed by atoms with van der Waals surface area (Å²) in [6, 6.07) is 6.74. The summed E-state index contributed by atoms with van der Waals surface area (Å²) >= 11 is 3.25. The molecule has 0 bridgehead atoms. The average molecular weight is 359 g/mol. The number of carbonyl (C=O) groups excluding carboxylic acids is 1. The van der Waals surface area contributed by atoms with Crippen LogP contribution < -0.4 is 0 Å². The standard InChI is InChI=1S/C14H10BrF3N2O/c15-11-3-1-2-10(8-11)12(21)4-5-13-19-6-7-20(13)9-14(16,17)18/h1-8H,9H2/b5-4+. The van der Waals surface area contributed by atoms with E-state index in [9.17, 15) is 18.0 Å². The van der Waals surface area contributed by atoms with Crippen molar-refractivity contribution >= 4 is 27.8 Å². The average Bonchev–Trinajstić information content (AvgIpc) is 2.81. The molecule has 110 valence electrons. The topological polar surface area (TPSA) is 34.9 Å². The number of allylic oxidation sites excluding steroid dienone is 1. The van der Waals surface area contributed by atoms with Crippen LogP contribution in [0.4, 0.5) is 13.2 Å². The zero-order chi connectivity index (χ0) is 15.5. The van der Waals surface area contributed by atoms with E-state index in [4.69, 9.17) is 0 Å². The normalized spacial score (nSPS) is 12.0. The molecule has 0 N–H and O–H groups in total. The Hall–Kier alpha value is -1.89. The number of benzene rings is 1. The number of carbonyl (C=O) groups is 1. The molecule has 0 amide bonds. The van der Waals surface area contributed by atoms with Gasteiger partial charge in [0.25, 0.3) is 0 Å². The number of hydrogen-bond donors (Lipinski definition) is 0. The van der Waals surface area contributed by atoms with Crippen LogP contribution in [0, 0.1) is 0 Å². The van der Waals surface area contributed by atoms with Crippen LogP contribution in [0.1, 0.15) is 16.2 Å². The van der Waals surface area contributed by atoms with Gasteiger partial charge < -0.3 is 4.57 Å². The molecule has 2 rings (SSSR count). The van der Waals surface area contributed by atoms with Crippen LogP contribution in [-0.2, 0) is 6.54 Å². The minimum Gasteiger partial charge on any atom is -0.322 e. The summed E-state index contributed by atoms with van der Waals surface area (Å²) in [4.78, 5) is 15.7. The number of ketones is 1. The zero-order valence-corrected chi connectivity index (χ0v) is 12.2. The maximum absolute atomic E-state index is 12.4. The van der Waals surface area contributed by atoms with E-state index in [1.807, 2.05) is 0 Å². The Morgan fingerprint density at radius 3 is 2.81 bits per heavy atom. The second-order valence-electron chi connectivity index (χ2n) is 4.24. The zero-order valence-electron chi connectivity index (χ0n) is 10.6. The van der Waals surface area contributed by atoms with Gasteiger partial charge in [0.2, 0.25) is 0 Å². The van der Waals surface area contributed by atoms with Gasteiger partial charge in [0.1, 0.15) is 12.4 Å². The van der Waals surface area contributed by atoms with Crippen molar-refractivity contribution in [2.45, 2.75) is 12.7 Å². The van der Waals surface area contributed by atoms with Crippen molar-refractivity contribution in [3.8, 4) is 0 Å². The molecule has 1 aromatic heterocycles. The van der Waals surface area contributed by atoms with Crippen LogP contribution in [0.15, 0.2) is 47.2 Å². The van der Waals surface area contributed by atoms with E-state index in [2.05, 4.69) is 20.9 Å². The lowest BCUT2D eigenvalue weighted by atomic mass is 10.1. The highest BCUT2D eigenvalue weighted by Crippen LogP contribution is 2.19. The Bertz CT molecular complexity index is 677. The predicted octanol–water partition coefficient (Wildman–Crippen LogP) is 4.10. The molecule has 7 heteroatoms. The van der Waals surface area contributed by atoms with Crippen LogP contribution in [0.25, 0.3) is 6.08 Å². The van der Waals surface area contributed by atoms with E-state index in [0.29, 0.717) is 5.56 Å². The maximum Gasteiger partial charge on any atom is 0.406 e. The van der Waals surface area contributed by atoms with Crippen LogP contribution in [0.5, 0.6) is 0 Å². The summed E-state index contributed by atoms with van der Waals surface area (Å²) in [6.07, 6.45) is 0.620. The van der Waals surface area contributed by atoms with Crippen molar-refractivity contribution in [2.24, 2.45) is 0 Å². The highest BCUT2D eigenvalue weighted by molar-refractivity contribution is 9.10. The first kappa shape index (κ1) is 15.5. The van der Waals surface area contributed by atoms with Crippen molar-refractivity contribution in [3.05, 3.63) is 58.6 Å². The van der Waals surface area contributed by atoms with Gasteiger partial charge in [-0.25, -0.2) is 4.98 Å². The minimum absolute atomic E-state index is 0.0793. The summed E-state index contributed by atoms with van der Waals surface area (Å²) in [5.41, 5.74) is 0.439. The van der Waals surface area contributed by atoms with Crippen molar-refractivity contribution in [3.63, 3.8) is 0 Å². The van der Waals surface area contributed by atoms with E-state index < -0.39 is 12.7 Å². The molecular weight excluding hydrogens is 349 g/mol. The van der Waals surface area contributed by atoms with E-state index >= 15 is 0 Å². The van der Waals surface area contributed by atoms with Crippen LogP contribution in [0.2, 0.25) is 0 Å². The van der Waals surface area contributed by atoms with Gasteiger partial charge in [0, 0.05) is 22.4 Å². The quantitative estimate of drug-likeness (QED) is 0.609. The lowest BCUT2D eigenvalue weighted by Gasteiger charge is -2.08. The molecule has 0 unspecified atom stereocenters. The molecule has 1 aromatic carbocycles. The van der Waals surface area contributed by atoms with E-state index in [0.717, 1.165) is 9.04 Å². The summed E-state index contributed by atoms with van der Waals surface area (Å²) in [5, 5.41) is 0. The lowest BCUT2D eigenvalue weighted by molar-refractivity contribution is -0.140. The third kappa shape index (κ3) is 4.56. The Morgan fingerprint density at radius 1 is 1.38 bits per heavy atom. The first-order valence-electron chi connectivity index (χ1n) is 5.91. The molecule has 0 radical (unpaired) electrons. The molecule has 0 fully saturated rings. The number of rotatable bonds is 4. The molecule has 21 heavy (non-hydrogen) atoms. The van der Waals surface area contributed by atoms with Crippen molar-refractivity contribution in [2.75, 3.05) is 0 Å². The molecule has 2 aromatic rings. The van der Waals surface area contributed by atoms with E-state index in [-0.39, 0.29) is 11.6 Å². The van der Waals surface area contributed by atoms with Crippen LogP contribution >= 0.6 is 15.9 Å². The van der Waals surface area contributed by atoms with E-state index in [1.165, 1.54) is 24.5 Å². The fraction of sp³-hybridized carbons (Fsp3) is 0.143. The third-order valence-electron chi connectivity index (χ3n) is 2.59. The molecule has 0 aliphatic heterocycles. The number of nitrogens with zero attached hydrogens (tertiary/aromatic N) is 2. The molecular formula is C14H10BrF3N2O. The molecule has 0 aliphatic rings. The lowest BCUT2D eigenvalue weighted by Crippen LogP contribution is -2.18. The van der Waals surface area contributed by atoms with Gasteiger partial charge >= 0.3 is 6.18 Å². The first-order chi connectivity index (χ1) is 9.85. The van der Waals surface area contributed by atoms with Crippen molar-refractivity contribution in [1.29, 1.82) is 0 Å². The number of aromatic nitrogens is 2. The van der Waals surface area contributed by atoms with E-state index in [1.54, 1.807) is 24.3 Å². The van der Waals surface area contributed by atoms with Gasteiger partial charge in [-0.3, -0.25) is 4.79 Å². The van der Waals surface area contributed by atoms with Gasteiger partial charge in [0.15, 0.2) is 5.78 Å². The van der Waals surface area contributed by atoms with Gasteiger partial charge in [-0.2, -0.15) is 13.2 Å². The summed E-state index contributed by atoms with van der Waals surface area (Å²) in [7, 11) is 0. The maximum atomic E-state index is 12.4. The Balaban J connectivity index is 2.15. The predicted molar refractivity (Wildman–Crippen MR) is 75.8 cm³/mol. The summed E-state index contributed by atoms with van der Waals surface area (Å²) < 4.78 is 38.8.